The molecule has 0 amide bonds. The highest BCUT2D eigenvalue weighted by atomic mass is 35.5. The van der Waals surface area contributed by atoms with E-state index in [1.165, 1.54) is 6.42 Å². The molecule has 1 aromatic rings. The second-order valence-corrected chi connectivity index (χ2v) is 7.80. The third-order valence-corrected chi connectivity index (χ3v) is 6.42. The molecule has 1 fully saturated rings. The summed E-state index contributed by atoms with van der Waals surface area (Å²) in [6.45, 7) is 1.94. The Balaban J connectivity index is 2.29. The van der Waals surface area contributed by atoms with Crippen molar-refractivity contribution >= 4 is 21.6 Å². The van der Waals surface area contributed by atoms with E-state index in [9.17, 15) is 8.42 Å². The molecule has 0 unspecified atom stereocenters. The van der Waals surface area contributed by atoms with Crippen LogP contribution in [0.15, 0.2) is 23.1 Å². The Labute approximate surface area is 127 Å². The Morgan fingerprint density at radius 3 is 2.50 bits per heavy atom. The fourth-order valence-electron chi connectivity index (χ4n) is 2.76. The fourth-order valence-corrected chi connectivity index (χ4v) is 4.51. The lowest BCUT2D eigenvalue weighted by atomic mass is 9.96. The van der Waals surface area contributed by atoms with Crippen molar-refractivity contribution in [2.24, 2.45) is 0 Å². The molecule has 0 bridgehead atoms. The molecule has 1 saturated carbocycles. The Morgan fingerprint density at radius 1 is 1.25 bits per heavy atom. The predicted molar refractivity (Wildman–Crippen MR) is 82.6 cm³/mol. The minimum absolute atomic E-state index is 0.134. The minimum Gasteiger partial charge on any atom is -0.207 e. The van der Waals surface area contributed by atoms with Crippen molar-refractivity contribution < 1.29 is 8.42 Å². The number of hydrogen-bond acceptors (Lipinski definition) is 2. The van der Waals surface area contributed by atoms with Gasteiger partial charge < -0.3 is 0 Å². The summed E-state index contributed by atoms with van der Waals surface area (Å²) in [5.74, 6) is 0.336. The first-order chi connectivity index (χ1) is 9.46. The van der Waals surface area contributed by atoms with Gasteiger partial charge >= 0.3 is 0 Å². The smallest absolute Gasteiger partial charge is 0.207 e. The fraction of sp³-hybridized carbons (Fsp3) is 0.600. The van der Waals surface area contributed by atoms with Crippen LogP contribution in [0.5, 0.6) is 0 Å². The first-order valence-electron chi connectivity index (χ1n) is 7.10. The van der Waals surface area contributed by atoms with E-state index in [0.717, 1.165) is 36.8 Å². The van der Waals surface area contributed by atoms with Crippen LogP contribution >= 0.6 is 11.6 Å². The summed E-state index contributed by atoms with van der Waals surface area (Å²) in [6.07, 6.45) is 5.37. The van der Waals surface area contributed by atoms with Gasteiger partial charge in [-0.25, -0.2) is 8.42 Å². The number of halogens is 1. The van der Waals surface area contributed by atoms with Gasteiger partial charge in [-0.05, 0) is 43.0 Å². The third kappa shape index (κ3) is 3.18. The molecule has 0 radical (unpaired) electrons. The van der Waals surface area contributed by atoms with Gasteiger partial charge in [0.05, 0.1) is 4.90 Å². The topological polar surface area (TPSA) is 37.4 Å². The van der Waals surface area contributed by atoms with Gasteiger partial charge in [-0.3, -0.25) is 0 Å². The van der Waals surface area contributed by atoms with Crippen LogP contribution in [0.25, 0.3) is 0 Å². The van der Waals surface area contributed by atoms with Crippen molar-refractivity contribution in [3.63, 3.8) is 0 Å². The van der Waals surface area contributed by atoms with Gasteiger partial charge in [0, 0.05) is 19.0 Å². The van der Waals surface area contributed by atoms with Crippen molar-refractivity contribution in [1.82, 2.24) is 4.31 Å². The second-order valence-electron chi connectivity index (χ2n) is 5.54. The largest absolute Gasteiger partial charge is 0.243 e. The minimum atomic E-state index is -3.41. The number of nitrogens with zero attached hydrogens (tertiary/aromatic N) is 1. The van der Waals surface area contributed by atoms with Crippen molar-refractivity contribution in [3.8, 4) is 0 Å². The van der Waals surface area contributed by atoms with Crippen LogP contribution in [0.2, 0.25) is 0 Å². The van der Waals surface area contributed by atoms with Crippen LogP contribution < -0.4 is 0 Å². The molecule has 20 heavy (non-hydrogen) atoms. The van der Waals surface area contributed by atoms with E-state index in [0.29, 0.717) is 10.8 Å². The lowest BCUT2D eigenvalue weighted by molar-refractivity contribution is 0.286. The average Bonchev–Trinajstić information content (AvgIpc) is 2.47. The summed E-state index contributed by atoms with van der Waals surface area (Å²) in [5, 5.41) is 0. The number of aryl methyl sites for hydroxylation is 1. The molecule has 0 atom stereocenters. The maximum Gasteiger partial charge on any atom is 0.243 e. The molecule has 0 N–H and O–H groups in total. The predicted octanol–water partition coefficient (Wildman–Crippen LogP) is 3.69. The molecule has 2 rings (SSSR count). The summed E-state index contributed by atoms with van der Waals surface area (Å²) < 4.78 is 26.9. The molecule has 1 aliphatic rings. The number of rotatable bonds is 4. The Kier molecular flexibility index (Phi) is 5.10. The second kappa shape index (κ2) is 6.46. The summed E-state index contributed by atoms with van der Waals surface area (Å²) in [6, 6.07) is 5.35. The Bertz CT molecular complexity index is 565. The lowest BCUT2D eigenvalue weighted by Gasteiger charge is -2.30. The molecule has 0 heterocycles. The van der Waals surface area contributed by atoms with E-state index >= 15 is 0 Å². The van der Waals surface area contributed by atoms with Gasteiger partial charge in [0.15, 0.2) is 0 Å². The monoisotopic (exact) mass is 315 g/mol. The molecule has 1 aliphatic carbocycles. The van der Waals surface area contributed by atoms with Gasteiger partial charge in [-0.1, -0.05) is 25.3 Å². The van der Waals surface area contributed by atoms with Crippen LogP contribution in [-0.2, 0) is 15.9 Å². The standard InChI is InChI=1S/C15H22ClNO2S/c1-12-8-9-15(10-13(12)11-16)20(18,19)17(2)14-6-4-3-5-7-14/h8-10,14H,3-7,11H2,1-2H3. The molecule has 1 aromatic carbocycles. The Hall–Kier alpha value is -0.580. The maximum atomic E-state index is 12.7. The highest BCUT2D eigenvalue weighted by molar-refractivity contribution is 7.89. The first kappa shape index (κ1) is 15.8. The molecule has 0 aliphatic heterocycles. The molecule has 112 valence electrons. The highest BCUT2D eigenvalue weighted by Crippen LogP contribution is 2.27. The van der Waals surface area contributed by atoms with Crippen molar-refractivity contribution in [2.45, 2.75) is 55.8 Å². The molecule has 3 nitrogen and oxygen atoms in total. The van der Waals surface area contributed by atoms with Crippen molar-refractivity contribution in [1.29, 1.82) is 0 Å². The summed E-state index contributed by atoms with van der Waals surface area (Å²) in [5.41, 5.74) is 1.91. The SMILES string of the molecule is Cc1ccc(S(=O)(=O)N(C)C2CCCCC2)cc1CCl. The number of sulfonamides is 1. The molecular weight excluding hydrogens is 294 g/mol. The zero-order valence-corrected chi connectivity index (χ0v) is 13.7. The maximum absolute atomic E-state index is 12.7. The van der Waals surface area contributed by atoms with Gasteiger partial charge in [-0.15, -0.1) is 11.6 Å². The van der Waals surface area contributed by atoms with E-state index in [4.69, 9.17) is 11.6 Å². The van der Waals surface area contributed by atoms with Gasteiger partial charge in [0.2, 0.25) is 10.0 Å². The van der Waals surface area contributed by atoms with Crippen LogP contribution in [0.1, 0.15) is 43.2 Å². The zero-order valence-electron chi connectivity index (χ0n) is 12.1. The van der Waals surface area contributed by atoms with Gasteiger partial charge in [0.1, 0.15) is 0 Å². The summed E-state index contributed by atoms with van der Waals surface area (Å²) >= 11 is 5.87. The molecule has 0 saturated heterocycles. The first-order valence-corrected chi connectivity index (χ1v) is 9.08. The van der Waals surface area contributed by atoms with Crippen LogP contribution in [-0.4, -0.2) is 25.8 Å². The third-order valence-electron chi connectivity index (χ3n) is 4.23. The molecule has 0 spiro atoms. The summed E-state index contributed by atoms with van der Waals surface area (Å²) in [4.78, 5) is 0.354. The Morgan fingerprint density at radius 2 is 1.90 bits per heavy atom. The number of benzene rings is 1. The average molecular weight is 316 g/mol. The van der Waals surface area contributed by atoms with Gasteiger partial charge in [-0.2, -0.15) is 4.31 Å². The molecule has 0 aromatic heterocycles. The molecular formula is C15H22ClNO2S. The van der Waals surface area contributed by atoms with Crippen LogP contribution in [0, 0.1) is 6.92 Å². The van der Waals surface area contributed by atoms with Crippen LogP contribution in [0.4, 0.5) is 0 Å². The van der Waals surface area contributed by atoms with Crippen LogP contribution in [0.3, 0.4) is 0 Å². The summed E-state index contributed by atoms with van der Waals surface area (Å²) in [7, 11) is -1.71. The highest BCUT2D eigenvalue weighted by Gasteiger charge is 2.29. The van der Waals surface area contributed by atoms with E-state index in [-0.39, 0.29) is 6.04 Å². The zero-order chi connectivity index (χ0) is 14.8. The quantitative estimate of drug-likeness (QED) is 0.795. The van der Waals surface area contributed by atoms with E-state index < -0.39 is 10.0 Å². The van der Waals surface area contributed by atoms with E-state index in [1.807, 2.05) is 13.0 Å². The normalized spacial score (nSPS) is 17.6. The number of hydrogen-bond donors (Lipinski definition) is 0. The molecule has 5 heteroatoms. The lowest BCUT2D eigenvalue weighted by Crippen LogP contribution is -2.38. The van der Waals surface area contributed by atoms with E-state index in [1.54, 1.807) is 23.5 Å². The number of alkyl halides is 1. The van der Waals surface area contributed by atoms with E-state index in [2.05, 4.69) is 0 Å². The van der Waals surface area contributed by atoms with Crippen molar-refractivity contribution in [2.75, 3.05) is 7.05 Å². The van der Waals surface area contributed by atoms with Crippen molar-refractivity contribution in [3.05, 3.63) is 29.3 Å². The van der Waals surface area contributed by atoms with Gasteiger partial charge in [0.25, 0.3) is 0 Å².